The summed E-state index contributed by atoms with van der Waals surface area (Å²) in [5.41, 5.74) is 0.741. The fourth-order valence-corrected chi connectivity index (χ4v) is 3.45. The van der Waals surface area contributed by atoms with E-state index in [4.69, 9.17) is 9.84 Å². The molecule has 1 saturated heterocycles. The summed E-state index contributed by atoms with van der Waals surface area (Å²) in [7, 11) is 0. The molecule has 1 aromatic heterocycles. The molecule has 2 rings (SSSR count). The summed E-state index contributed by atoms with van der Waals surface area (Å²) in [6.07, 6.45) is 1.26. The van der Waals surface area contributed by atoms with Crippen molar-refractivity contribution in [2.75, 3.05) is 25.0 Å². The molecule has 1 aliphatic heterocycles. The van der Waals surface area contributed by atoms with Crippen LogP contribution in [0.2, 0.25) is 0 Å². The molecule has 2 heterocycles. The molecular weight excluding hydrogens is 320 g/mol. The number of hydrogen-bond acceptors (Lipinski definition) is 5. The predicted octanol–water partition coefficient (Wildman–Crippen LogP) is 2.56. The minimum atomic E-state index is -0.876. The molecular formula is C15H20N2O5S. The summed E-state index contributed by atoms with van der Waals surface area (Å²) in [6, 6.07) is 1.38. The molecule has 1 unspecified atom stereocenters. The van der Waals surface area contributed by atoms with Gasteiger partial charge >= 0.3 is 18.0 Å². The molecule has 1 aliphatic rings. The van der Waals surface area contributed by atoms with E-state index < -0.39 is 17.9 Å². The summed E-state index contributed by atoms with van der Waals surface area (Å²) in [5.74, 6) is -1.80. The fourth-order valence-electron chi connectivity index (χ4n) is 2.49. The molecule has 1 fully saturated rings. The molecule has 8 heteroatoms. The van der Waals surface area contributed by atoms with Crippen molar-refractivity contribution in [3.05, 3.63) is 16.5 Å². The lowest BCUT2D eigenvalue weighted by molar-refractivity contribution is -0.143. The average Bonchev–Trinajstić information content (AvgIpc) is 2.88. The van der Waals surface area contributed by atoms with Gasteiger partial charge in [-0.2, -0.15) is 0 Å². The molecule has 0 spiro atoms. The van der Waals surface area contributed by atoms with Crippen LogP contribution in [0, 0.1) is 12.8 Å². The number of likely N-dealkylation sites (tertiary alicyclic amines) is 1. The number of urea groups is 1. The Hall–Kier alpha value is -2.09. The maximum absolute atomic E-state index is 12.3. The minimum absolute atomic E-state index is 0.205. The highest BCUT2D eigenvalue weighted by atomic mass is 32.1. The molecule has 0 aliphatic carbocycles. The van der Waals surface area contributed by atoms with Crippen LogP contribution in [0.3, 0.4) is 0 Å². The van der Waals surface area contributed by atoms with Gasteiger partial charge in [0.15, 0.2) is 0 Å². The van der Waals surface area contributed by atoms with Gasteiger partial charge < -0.3 is 14.7 Å². The monoisotopic (exact) mass is 340 g/mol. The number of nitrogens with one attached hydrogen (secondary N) is 1. The van der Waals surface area contributed by atoms with Crippen molar-refractivity contribution in [3.63, 3.8) is 0 Å². The molecule has 126 valence electrons. The number of anilines is 1. The molecule has 0 aromatic carbocycles. The fraction of sp³-hybridized carbons (Fsp3) is 0.533. The maximum atomic E-state index is 12.3. The Morgan fingerprint density at radius 1 is 1.48 bits per heavy atom. The Morgan fingerprint density at radius 2 is 2.22 bits per heavy atom. The first-order valence-electron chi connectivity index (χ1n) is 7.48. The zero-order valence-electron chi connectivity index (χ0n) is 13.1. The van der Waals surface area contributed by atoms with Gasteiger partial charge in [0.25, 0.3) is 0 Å². The molecule has 7 nitrogen and oxygen atoms in total. The number of aryl methyl sites for hydroxylation is 1. The summed E-state index contributed by atoms with van der Waals surface area (Å²) >= 11 is 1.16. The summed E-state index contributed by atoms with van der Waals surface area (Å²) in [5, 5.41) is 12.4. The van der Waals surface area contributed by atoms with Crippen molar-refractivity contribution in [3.8, 4) is 0 Å². The van der Waals surface area contributed by atoms with E-state index in [-0.39, 0.29) is 12.6 Å². The number of carboxylic acids is 1. The van der Waals surface area contributed by atoms with Gasteiger partial charge in [-0.1, -0.05) is 0 Å². The summed E-state index contributed by atoms with van der Waals surface area (Å²) in [4.78, 5) is 37.1. The number of carboxylic acid groups (broad SMARTS) is 1. The van der Waals surface area contributed by atoms with E-state index in [0.29, 0.717) is 35.9 Å². The van der Waals surface area contributed by atoms with Crippen LogP contribution < -0.4 is 5.32 Å². The van der Waals surface area contributed by atoms with Crippen LogP contribution in [0.4, 0.5) is 9.80 Å². The number of piperidine rings is 1. The normalized spacial score (nSPS) is 17.7. The third-order valence-electron chi connectivity index (χ3n) is 3.67. The third-order valence-corrected chi connectivity index (χ3v) is 4.80. The SMILES string of the molecule is CCOC(=O)c1sc(NC(=O)N2CCCC(C(=O)O)C2)cc1C. The maximum Gasteiger partial charge on any atom is 0.348 e. The van der Waals surface area contributed by atoms with E-state index in [1.54, 1.807) is 19.9 Å². The number of hydrogen-bond donors (Lipinski definition) is 2. The second-order valence-electron chi connectivity index (χ2n) is 5.40. The van der Waals surface area contributed by atoms with Crippen molar-refractivity contribution in [1.29, 1.82) is 0 Å². The lowest BCUT2D eigenvalue weighted by Gasteiger charge is -2.30. The molecule has 1 aromatic rings. The Kier molecular flexibility index (Phi) is 5.59. The van der Waals surface area contributed by atoms with Gasteiger partial charge in [-0.15, -0.1) is 11.3 Å². The van der Waals surface area contributed by atoms with Crippen LogP contribution >= 0.6 is 11.3 Å². The van der Waals surface area contributed by atoms with Crippen LogP contribution in [0.15, 0.2) is 6.07 Å². The highest BCUT2D eigenvalue weighted by molar-refractivity contribution is 7.18. The Labute approximate surface area is 138 Å². The Morgan fingerprint density at radius 3 is 2.87 bits per heavy atom. The average molecular weight is 340 g/mol. The second kappa shape index (κ2) is 7.45. The molecule has 0 radical (unpaired) electrons. The highest BCUT2D eigenvalue weighted by Crippen LogP contribution is 2.28. The lowest BCUT2D eigenvalue weighted by atomic mass is 9.99. The number of aliphatic carboxylic acids is 1. The zero-order chi connectivity index (χ0) is 17.0. The van der Waals surface area contributed by atoms with Crippen LogP contribution in [-0.2, 0) is 9.53 Å². The van der Waals surface area contributed by atoms with Crippen LogP contribution in [0.25, 0.3) is 0 Å². The molecule has 1 atom stereocenters. The van der Waals surface area contributed by atoms with E-state index in [1.165, 1.54) is 4.90 Å². The van der Waals surface area contributed by atoms with Gasteiger partial charge in [0.05, 0.1) is 17.5 Å². The number of esters is 1. The standard InChI is InChI=1S/C15H20N2O5S/c1-3-22-14(20)12-9(2)7-11(23-12)16-15(21)17-6-4-5-10(8-17)13(18)19/h7,10H,3-6,8H2,1-2H3,(H,16,21)(H,18,19). The number of ether oxygens (including phenoxy) is 1. The van der Waals surface area contributed by atoms with E-state index in [1.807, 2.05) is 0 Å². The van der Waals surface area contributed by atoms with Gasteiger partial charge in [0, 0.05) is 13.1 Å². The quantitative estimate of drug-likeness (QED) is 0.821. The van der Waals surface area contributed by atoms with Gasteiger partial charge in [-0.3, -0.25) is 10.1 Å². The van der Waals surface area contributed by atoms with Crippen molar-refractivity contribution in [2.24, 2.45) is 5.92 Å². The van der Waals surface area contributed by atoms with Crippen molar-refractivity contribution in [1.82, 2.24) is 4.90 Å². The van der Waals surface area contributed by atoms with E-state index in [2.05, 4.69) is 5.32 Å². The number of thiophene rings is 1. The smallest absolute Gasteiger partial charge is 0.348 e. The summed E-state index contributed by atoms with van der Waals surface area (Å²) < 4.78 is 4.97. The van der Waals surface area contributed by atoms with Gasteiger partial charge in [-0.05, 0) is 38.3 Å². The largest absolute Gasteiger partial charge is 0.481 e. The highest BCUT2D eigenvalue weighted by Gasteiger charge is 2.28. The summed E-state index contributed by atoms with van der Waals surface area (Å²) in [6.45, 7) is 4.54. The molecule has 0 saturated carbocycles. The van der Waals surface area contributed by atoms with Gasteiger partial charge in [0.1, 0.15) is 4.88 Å². The van der Waals surface area contributed by atoms with Crippen molar-refractivity contribution >= 4 is 34.3 Å². The Balaban J connectivity index is 2.01. The second-order valence-corrected chi connectivity index (χ2v) is 6.45. The number of amides is 2. The molecule has 23 heavy (non-hydrogen) atoms. The van der Waals surface area contributed by atoms with E-state index in [9.17, 15) is 14.4 Å². The van der Waals surface area contributed by atoms with Crippen LogP contribution in [-0.4, -0.2) is 47.7 Å². The molecule has 2 amide bonds. The molecule has 0 bridgehead atoms. The number of nitrogens with zero attached hydrogens (tertiary/aromatic N) is 1. The van der Waals surface area contributed by atoms with Crippen LogP contribution in [0.1, 0.15) is 35.0 Å². The first-order valence-corrected chi connectivity index (χ1v) is 8.30. The zero-order valence-corrected chi connectivity index (χ0v) is 13.9. The predicted molar refractivity (Wildman–Crippen MR) is 86.0 cm³/mol. The first kappa shape index (κ1) is 17.3. The van der Waals surface area contributed by atoms with Crippen molar-refractivity contribution in [2.45, 2.75) is 26.7 Å². The van der Waals surface area contributed by atoms with E-state index in [0.717, 1.165) is 16.9 Å². The Bertz CT molecular complexity index is 613. The van der Waals surface area contributed by atoms with Crippen LogP contribution in [0.5, 0.6) is 0 Å². The number of rotatable bonds is 4. The van der Waals surface area contributed by atoms with Crippen molar-refractivity contribution < 1.29 is 24.2 Å². The van der Waals surface area contributed by atoms with Gasteiger partial charge in [-0.25, -0.2) is 9.59 Å². The minimum Gasteiger partial charge on any atom is -0.481 e. The number of carbonyl (C=O) groups is 3. The third kappa shape index (κ3) is 4.22. The number of carbonyl (C=O) groups excluding carboxylic acids is 2. The van der Waals surface area contributed by atoms with Gasteiger partial charge in [0.2, 0.25) is 0 Å². The topological polar surface area (TPSA) is 95.9 Å². The van der Waals surface area contributed by atoms with E-state index >= 15 is 0 Å². The lowest BCUT2D eigenvalue weighted by Crippen LogP contribution is -2.44. The molecule has 2 N–H and O–H groups in total. The first-order chi connectivity index (χ1) is 10.9.